The van der Waals surface area contributed by atoms with Crippen LogP contribution >= 0.6 is 0 Å². The fraction of sp³-hybridized carbons (Fsp3) is 0.483. The van der Waals surface area contributed by atoms with Gasteiger partial charge in [0.2, 0.25) is 0 Å². The van der Waals surface area contributed by atoms with Crippen LogP contribution in [0.3, 0.4) is 0 Å². The molecule has 1 N–H and O–H groups in total. The van der Waals surface area contributed by atoms with Crippen molar-refractivity contribution in [2.45, 2.75) is 62.9 Å². The van der Waals surface area contributed by atoms with E-state index in [9.17, 15) is 4.79 Å². The Balaban J connectivity index is 1.25. The second-order valence-electron chi connectivity index (χ2n) is 9.82. The molecule has 3 fully saturated rings. The fourth-order valence-electron chi connectivity index (χ4n) is 5.79. The molecular formula is C29H35N3O. The molecule has 2 heterocycles. The average molecular weight is 442 g/mol. The predicted octanol–water partition coefficient (Wildman–Crippen LogP) is 4.99. The van der Waals surface area contributed by atoms with Crippen molar-refractivity contribution < 1.29 is 4.79 Å². The molecule has 4 heteroatoms. The van der Waals surface area contributed by atoms with Crippen molar-refractivity contribution in [3.63, 3.8) is 0 Å². The van der Waals surface area contributed by atoms with Gasteiger partial charge in [0.25, 0.3) is 0 Å². The maximum absolute atomic E-state index is 13.1. The van der Waals surface area contributed by atoms with Gasteiger partial charge in [-0.05, 0) is 62.1 Å². The van der Waals surface area contributed by atoms with Crippen molar-refractivity contribution in [2.75, 3.05) is 26.2 Å². The summed E-state index contributed by atoms with van der Waals surface area (Å²) in [5.41, 5.74) is 3.46. The minimum absolute atomic E-state index is 0.154. The van der Waals surface area contributed by atoms with Crippen molar-refractivity contribution in [1.29, 1.82) is 0 Å². The monoisotopic (exact) mass is 441 g/mol. The number of hydrogen-bond donors (Lipinski definition) is 1. The van der Waals surface area contributed by atoms with Gasteiger partial charge >= 0.3 is 6.03 Å². The molecule has 33 heavy (non-hydrogen) atoms. The van der Waals surface area contributed by atoms with E-state index in [1.807, 2.05) is 30.3 Å². The van der Waals surface area contributed by atoms with Crippen LogP contribution in [0.5, 0.6) is 0 Å². The molecule has 0 radical (unpaired) electrons. The van der Waals surface area contributed by atoms with Crippen molar-refractivity contribution in [1.82, 2.24) is 15.1 Å². The number of nitrogens with one attached hydrogen (secondary N) is 1. The first-order valence-electron chi connectivity index (χ1n) is 12.7. The summed E-state index contributed by atoms with van der Waals surface area (Å²) >= 11 is 0. The number of amides is 2. The van der Waals surface area contributed by atoms with Gasteiger partial charge in [0, 0.05) is 48.8 Å². The zero-order valence-corrected chi connectivity index (χ0v) is 19.5. The Labute approximate surface area is 198 Å². The molecule has 172 valence electrons. The molecule has 4 nitrogen and oxygen atoms in total. The van der Waals surface area contributed by atoms with Crippen molar-refractivity contribution >= 4 is 6.03 Å². The standard InChI is InChI=1S/C29H35N3O/c33-29(30-26-10-5-2-6-11-26)32-20-7-19-31-21-18-27(28(31)22-32)25-16-14-24(15-17-25)13-12-23-8-3-1-4-9-23/h1,3-4,8-9,14-17,26-28H,2,5-7,10-11,18-22H2,(H,30,33)/t27-,28+/m1/s1. The predicted molar refractivity (Wildman–Crippen MR) is 133 cm³/mol. The van der Waals surface area contributed by atoms with Crippen LogP contribution in [0.1, 0.15) is 67.6 Å². The highest BCUT2D eigenvalue weighted by Crippen LogP contribution is 2.35. The smallest absolute Gasteiger partial charge is 0.317 e. The van der Waals surface area contributed by atoms with E-state index < -0.39 is 0 Å². The van der Waals surface area contributed by atoms with Crippen LogP contribution in [0.2, 0.25) is 0 Å². The Morgan fingerprint density at radius 3 is 2.27 bits per heavy atom. The lowest BCUT2D eigenvalue weighted by molar-refractivity contribution is 0.179. The third-order valence-electron chi connectivity index (χ3n) is 7.63. The van der Waals surface area contributed by atoms with Gasteiger partial charge in [-0.15, -0.1) is 0 Å². The third-order valence-corrected chi connectivity index (χ3v) is 7.63. The van der Waals surface area contributed by atoms with Crippen molar-refractivity contribution in [3.05, 3.63) is 71.3 Å². The van der Waals surface area contributed by atoms with Crippen molar-refractivity contribution in [3.8, 4) is 11.8 Å². The van der Waals surface area contributed by atoms with Crippen LogP contribution in [0, 0.1) is 11.8 Å². The molecule has 2 saturated heterocycles. The minimum Gasteiger partial charge on any atom is -0.335 e. The molecule has 0 unspecified atom stereocenters. The van der Waals surface area contributed by atoms with Crippen LogP contribution < -0.4 is 5.32 Å². The number of benzene rings is 2. The molecule has 2 aromatic rings. The van der Waals surface area contributed by atoms with Crippen LogP contribution in [0.4, 0.5) is 4.79 Å². The summed E-state index contributed by atoms with van der Waals surface area (Å²) in [6, 6.07) is 19.9. The molecule has 0 bridgehead atoms. The highest BCUT2D eigenvalue weighted by molar-refractivity contribution is 5.74. The Hall–Kier alpha value is -2.77. The van der Waals surface area contributed by atoms with E-state index in [0.29, 0.717) is 18.0 Å². The lowest BCUT2D eigenvalue weighted by atomic mass is 9.91. The van der Waals surface area contributed by atoms with Crippen LogP contribution in [0.25, 0.3) is 0 Å². The molecule has 2 aromatic carbocycles. The van der Waals surface area contributed by atoms with Gasteiger partial charge in [-0.2, -0.15) is 0 Å². The molecular weight excluding hydrogens is 406 g/mol. The van der Waals surface area contributed by atoms with E-state index in [0.717, 1.165) is 63.0 Å². The summed E-state index contributed by atoms with van der Waals surface area (Å²) in [6.07, 6.45) is 8.30. The van der Waals surface area contributed by atoms with Gasteiger partial charge in [-0.1, -0.05) is 61.4 Å². The lowest BCUT2D eigenvalue weighted by Crippen LogP contribution is -2.49. The van der Waals surface area contributed by atoms with Gasteiger partial charge in [-0.3, -0.25) is 4.90 Å². The average Bonchev–Trinajstić information content (AvgIpc) is 3.13. The number of carbonyl (C=O) groups is 1. The van der Waals surface area contributed by atoms with Crippen LogP contribution in [-0.4, -0.2) is 54.1 Å². The Kier molecular flexibility index (Phi) is 6.98. The first-order valence-corrected chi connectivity index (χ1v) is 12.7. The van der Waals surface area contributed by atoms with E-state index in [2.05, 4.69) is 51.2 Å². The number of hydrogen-bond acceptors (Lipinski definition) is 2. The van der Waals surface area contributed by atoms with Crippen molar-refractivity contribution in [2.24, 2.45) is 0 Å². The van der Waals surface area contributed by atoms with E-state index >= 15 is 0 Å². The second-order valence-corrected chi connectivity index (χ2v) is 9.82. The summed E-state index contributed by atoms with van der Waals surface area (Å²) in [5.74, 6) is 7.01. The first kappa shape index (κ1) is 22.0. The highest BCUT2D eigenvalue weighted by atomic mass is 16.2. The van der Waals surface area contributed by atoms with Crippen LogP contribution in [-0.2, 0) is 0 Å². The molecule has 0 aromatic heterocycles. The van der Waals surface area contributed by atoms with E-state index in [4.69, 9.17) is 0 Å². The number of rotatable bonds is 2. The maximum Gasteiger partial charge on any atom is 0.317 e. The second kappa shape index (κ2) is 10.4. The zero-order valence-electron chi connectivity index (χ0n) is 19.5. The summed E-state index contributed by atoms with van der Waals surface area (Å²) in [7, 11) is 0. The first-order chi connectivity index (χ1) is 16.3. The van der Waals surface area contributed by atoms with Gasteiger partial charge in [0.15, 0.2) is 0 Å². The van der Waals surface area contributed by atoms with Crippen LogP contribution in [0.15, 0.2) is 54.6 Å². The summed E-state index contributed by atoms with van der Waals surface area (Å²) in [6.45, 7) is 3.92. The van der Waals surface area contributed by atoms with Gasteiger partial charge < -0.3 is 10.2 Å². The number of nitrogens with zero attached hydrogens (tertiary/aromatic N) is 2. The molecule has 1 aliphatic carbocycles. The minimum atomic E-state index is 0.154. The SMILES string of the molecule is O=C(NC1CCCCC1)N1CCCN2CC[C@H](c3ccc(C#Cc4ccccc4)cc3)[C@@H]2C1. The largest absolute Gasteiger partial charge is 0.335 e. The highest BCUT2D eigenvalue weighted by Gasteiger charge is 2.38. The number of fused-ring (bicyclic) bond motifs is 1. The Morgan fingerprint density at radius 2 is 1.52 bits per heavy atom. The normalized spacial score (nSPS) is 23.8. The fourth-order valence-corrected chi connectivity index (χ4v) is 5.79. The maximum atomic E-state index is 13.1. The molecule has 5 rings (SSSR count). The molecule has 3 aliphatic rings. The summed E-state index contributed by atoms with van der Waals surface area (Å²) < 4.78 is 0. The third kappa shape index (κ3) is 5.42. The van der Waals surface area contributed by atoms with Gasteiger partial charge in [0.05, 0.1) is 0 Å². The van der Waals surface area contributed by atoms with Gasteiger partial charge in [-0.25, -0.2) is 4.79 Å². The van der Waals surface area contributed by atoms with Gasteiger partial charge in [0.1, 0.15) is 0 Å². The molecule has 2 aliphatic heterocycles. The lowest BCUT2D eigenvalue weighted by Gasteiger charge is -2.31. The number of urea groups is 1. The molecule has 2 amide bonds. The quantitative estimate of drug-likeness (QED) is 0.667. The molecule has 1 saturated carbocycles. The summed E-state index contributed by atoms with van der Waals surface area (Å²) in [4.78, 5) is 17.8. The van der Waals surface area contributed by atoms with E-state index in [1.54, 1.807) is 0 Å². The van der Waals surface area contributed by atoms with E-state index in [1.165, 1.54) is 24.8 Å². The summed E-state index contributed by atoms with van der Waals surface area (Å²) in [5, 5.41) is 3.34. The molecule has 0 spiro atoms. The zero-order chi connectivity index (χ0) is 22.5. The molecule has 2 atom stereocenters. The Morgan fingerprint density at radius 1 is 0.788 bits per heavy atom. The number of carbonyl (C=O) groups excluding carboxylic acids is 1. The Bertz CT molecular complexity index is 985. The van der Waals surface area contributed by atoms with E-state index in [-0.39, 0.29) is 6.03 Å². The topological polar surface area (TPSA) is 35.6 Å².